The number of benzene rings is 4. The zero-order valence-corrected chi connectivity index (χ0v) is 26.0. The van der Waals surface area contributed by atoms with Gasteiger partial charge in [-0.05, 0) is 66.9 Å². The first-order chi connectivity index (χ1) is 21.4. The topological polar surface area (TPSA) is 18.5 Å². The van der Waals surface area contributed by atoms with Gasteiger partial charge in [-0.2, -0.15) is 0 Å². The smallest absolute Gasteiger partial charge is 0.123 e. The lowest BCUT2D eigenvalue weighted by molar-refractivity contribution is 0.0694. The molecule has 0 fully saturated rings. The minimum atomic E-state index is -0.815. The molecule has 43 heavy (non-hydrogen) atoms. The molecule has 0 radical (unpaired) electrons. The maximum atomic E-state index is 6.78. The van der Waals surface area contributed by atoms with Crippen LogP contribution in [0, 0.1) is 0 Å². The van der Waals surface area contributed by atoms with E-state index < -0.39 is 15.8 Å². The van der Waals surface area contributed by atoms with Crippen LogP contribution in [-0.2, 0) is 9.47 Å². The highest BCUT2D eigenvalue weighted by molar-refractivity contribution is 7.77. The Kier molecular flexibility index (Phi) is 8.80. The first kappa shape index (κ1) is 28.2. The Labute approximate surface area is 258 Å². The zero-order chi connectivity index (χ0) is 28.8. The lowest BCUT2D eigenvalue weighted by Crippen LogP contribution is -2.31. The number of fused-ring (bicyclic) bond motifs is 2. The summed E-state index contributed by atoms with van der Waals surface area (Å²) in [6, 6.07) is 44.4. The second-order valence-electron chi connectivity index (χ2n) is 11.0. The predicted molar refractivity (Wildman–Crippen MR) is 184 cm³/mol. The van der Waals surface area contributed by atoms with Crippen molar-refractivity contribution in [2.24, 2.45) is 0 Å². The van der Waals surface area contributed by atoms with Crippen LogP contribution in [0.15, 0.2) is 168 Å². The van der Waals surface area contributed by atoms with Crippen molar-refractivity contribution in [3.05, 3.63) is 168 Å². The third-order valence-electron chi connectivity index (χ3n) is 8.26. The molecule has 0 spiro atoms. The highest BCUT2D eigenvalue weighted by atomic mass is 31.1. The summed E-state index contributed by atoms with van der Waals surface area (Å²) < 4.78 is 13.5. The third-order valence-corrected chi connectivity index (χ3v) is 13.6. The van der Waals surface area contributed by atoms with E-state index in [0.717, 1.165) is 25.0 Å². The standard InChI is InChI=1S/C39H36O2P2/c1-5-16-30(17-6-1)42(31-18-7-2-8-19-31)36-26-13-24-34-38(36)39-35(41-29-15-28-40-34)25-14-27-37(39)43(32-20-9-3-10-21-32)33-22-11-4-12-23-33/h1-14,16-24,27,35-36H,15,25-26,28-29H2/t35-,36-/m0/s1. The summed E-state index contributed by atoms with van der Waals surface area (Å²) in [4.78, 5) is 0. The maximum Gasteiger partial charge on any atom is 0.123 e. The molecule has 2 nitrogen and oxygen atoms in total. The molecule has 2 atom stereocenters. The van der Waals surface area contributed by atoms with E-state index in [-0.39, 0.29) is 11.8 Å². The molecule has 0 saturated carbocycles. The highest BCUT2D eigenvalue weighted by Gasteiger charge is 2.39. The summed E-state index contributed by atoms with van der Waals surface area (Å²) >= 11 is 0. The van der Waals surface area contributed by atoms with Gasteiger partial charge in [0.1, 0.15) is 5.76 Å². The molecule has 214 valence electrons. The van der Waals surface area contributed by atoms with E-state index in [4.69, 9.17) is 9.47 Å². The largest absolute Gasteiger partial charge is 0.493 e. The van der Waals surface area contributed by atoms with E-state index in [1.165, 1.54) is 37.7 Å². The van der Waals surface area contributed by atoms with Crippen molar-refractivity contribution in [3.8, 4) is 0 Å². The SMILES string of the molecule is C1=CC(P(c2ccccc2)c2ccccc2)=C2C3=C(C=CC[C@@H]3P(c3ccccc3)c3ccccc3)OCCCO[C@H]2C1. The Bertz CT molecular complexity index is 1560. The first-order valence-electron chi connectivity index (χ1n) is 15.2. The third kappa shape index (κ3) is 5.98. The lowest BCUT2D eigenvalue weighted by atomic mass is 9.88. The molecule has 2 aliphatic carbocycles. The summed E-state index contributed by atoms with van der Waals surface area (Å²) in [7, 11) is -1.53. The summed E-state index contributed by atoms with van der Waals surface area (Å²) in [5.41, 5.74) is 2.97. The van der Waals surface area contributed by atoms with Gasteiger partial charge in [0.25, 0.3) is 0 Å². The molecular weight excluding hydrogens is 562 g/mol. The number of allylic oxidation sites excluding steroid dienone is 4. The van der Waals surface area contributed by atoms with E-state index >= 15 is 0 Å². The Morgan fingerprint density at radius 1 is 0.535 bits per heavy atom. The van der Waals surface area contributed by atoms with Crippen LogP contribution in [0.1, 0.15) is 19.3 Å². The first-order valence-corrected chi connectivity index (χ1v) is 18.0. The van der Waals surface area contributed by atoms with E-state index in [2.05, 4.69) is 146 Å². The molecule has 7 rings (SSSR count). The van der Waals surface area contributed by atoms with E-state index in [0.29, 0.717) is 13.2 Å². The van der Waals surface area contributed by atoms with Crippen LogP contribution in [0.25, 0.3) is 0 Å². The van der Waals surface area contributed by atoms with Crippen LogP contribution in [0.4, 0.5) is 0 Å². The fourth-order valence-electron chi connectivity index (χ4n) is 6.42. The molecule has 1 heterocycles. The molecule has 0 amide bonds. The number of hydrogen-bond acceptors (Lipinski definition) is 2. The lowest BCUT2D eigenvalue weighted by Gasteiger charge is -2.38. The van der Waals surface area contributed by atoms with Gasteiger partial charge in [0.15, 0.2) is 0 Å². The summed E-state index contributed by atoms with van der Waals surface area (Å²) in [5.74, 6) is 1.03. The monoisotopic (exact) mass is 598 g/mol. The fraction of sp³-hybridized carbons (Fsp3) is 0.179. The van der Waals surface area contributed by atoms with Gasteiger partial charge in [-0.15, -0.1) is 0 Å². The normalized spacial score (nSPS) is 20.2. The van der Waals surface area contributed by atoms with Crippen LogP contribution in [0.5, 0.6) is 0 Å². The average molecular weight is 599 g/mol. The fourth-order valence-corrected chi connectivity index (χ4v) is 11.8. The second-order valence-corrected chi connectivity index (χ2v) is 15.6. The van der Waals surface area contributed by atoms with Gasteiger partial charge >= 0.3 is 0 Å². The molecular formula is C39H36O2P2. The molecule has 0 bridgehead atoms. The van der Waals surface area contributed by atoms with Crippen LogP contribution in [0.2, 0.25) is 0 Å². The van der Waals surface area contributed by atoms with Crippen LogP contribution in [0.3, 0.4) is 0 Å². The number of hydrogen-bond donors (Lipinski definition) is 0. The number of rotatable bonds is 6. The van der Waals surface area contributed by atoms with Crippen molar-refractivity contribution < 1.29 is 9.47 Å². The van der Waals surface area contributed by atoms with E-state index in [1.54, 1.807) is 0 Å². The van der Waals surface area contributed by atoms with Gasteiger partial charge in [0.2, 0.25) is 0 Å². The molecule has 0 unspecified atom stereocenters. The van der Waals surface area contributed by atoms with Crippen molar-refractivity contribution in [1.82, 2.24) is 0 Å². The molecule has 0 saturated heterocycles. The van der Waals surface area contributed by atoms with E-state index in [9.17, 15) is 0 Å². The number of ether oxygens (including phenoxy) is 2. The molecule has 4 aromatic carbocycles. The molecule has 0 aromatic heterocycles. The van der Waals surface area contributed by atoms with Gasteiger partial charge in [-0.1, -0.05) is 140 Å². The van der Waals surface area contributed by atoms with E-state index in [1.807, 2.05) is 0 Å². The molecule has 1 aliphatic heterocycles. The van der Waals surface area contributed by atoms with Crippen molar-refractivity contribution >= 4 is 37.1 Å². The molecule has 3 aliphatic rings. The van der Waals surface area contributed by atoms with Gasteiger partial charge in [0, 0.05) is 17.7 Å². The molecule has 4 aromatic rings. The summed E-state index contributed by atoms with van der Waals surface area (Å²) in [6.07, 6.45) is 12.1. The minimum absolute atomic E-state index is 0.00141. The van der Waals surface area contributed by atoms with Crippen LogP contribution < -0.4 is 21.2 Å². The Balaban J connectivity index is 1.49. The van der Waals surface area contributed by atoms with Crippen molar-refractivity contribution in [1.29, 1.82) is 0 Å². The van der Waals surface area contributed by atoms with Crippen molar-refractivity contribution in [2.45, 2.75) is 31.0 Å². The van der Waals surface area contributed by atoms with Crippen molar-refractivity contribution in [2.75, 3.05) is 13.2 Å². The van der Waals surface area contributed by atoms with Gasteiger partial charge in [-0.25, -0.2) is 0 Å². The molecule has 0 N–H and O–H groups in total. The maximum absolute atomic E-state index is 6.78. The predicted octanol–water partition coefficient (Wildman–Crippen LogP) is 7.85. The Morgan fingerprint density at radius 3 is 1.65 bits per heavy atom. The molecule has 4 heteroatoms. The van der Waals surface area contributed by atoms with Crippen LogP contribution >= 0.6 is 15.8 Å². The highest BCUT2D eigenvalue weighted by Crippen LogP contribution is 2.55. The average Bonchev–Trinajstić information content (AvgIpc) is 3.17. The Morgan fingerprint density at radius 2 is 1.07 bits per heavy atom. The quantitative estimate of drug-likeness (QED) is 0.211. The second kappa shape index (κ2) is 13.4. The Hall–Kier alpha value is -3.54. The van der Waals surface area contributed by atoms with Crippen LogP contribution in [-0.4, -0.2) is 25.0 Å². The summed E-state index contributed by atoms with van der Waals surface area (Å²) in [6.45, 7) is 1.37. The van der Waals surface area contributed by atoms with Gasteiger partial charge < -0.3 is 9.47 Å². The van der Waals surface area contributed by atoms with Gasteiger partial charge in [-0.3, -0.25) is 0 Å². The van der Waals surface area contributed by atoms with Crippen molar-refractivity contribution in [3.63, 3.8) is 0 Å². The minimum Gasteiger partial charge on any atom is -0.493 e. The summed E-state index contributed by atoms with van der Waals surface area (Å²) in [5, 5.41) is 6.90. The zero-order valence-electron chi connectivity index (χ0n) is 24.3. The van der Waals surface area contributed by atoms with Gasteiger partial charge in [0.05, 0.1) is 19.3 Å².